The molecule has 1 fully saturated rings. The normalized spacial score (nSPS) is 35.9. The van der Waals surface area contributed by atoms with Crippen LogP contribution in [-0.4, -0.2) is 38.2 Å². The second kappa shape index (κ2) is 6.26. The van der Waals surface area contributed by atoms with Crippen molar-refractivity contribution in [2.45, 2.75) is 77.7 Å². The first-order valence-corrected chi connectivity index (χ1v) is 10.4. The highest BCUT2D eigenvalue weighted by Crippen LogP contribution is 2.41. The Hall–Kier alpha value is -0.233. The highest BCUT2D eigenvalue weighted by Gasteiger charge is 2.46. The van der Waals surface area contributed by atoms with Crippen LogP contribution in [0.15, 0.2) is 0 Å². The number of hydrogen-bond donors (Lipinski definition) is 1. The van der Waals surface area contributed by atoms with Crippen LogP contribution in [0.25, 0.3) is 0 Å². The number of rotatable bonds is 4. The Balaban J connectivity index is 2.92. The van der Waals surface area contributed by atoms with Gasteiger partial charge >= 0.3 is 0 Å². The Kier molecular flexibility index (Phi) is 5.58. The van der Waals surface area contributed by atoms with E-state index in [0.29, 0.717) is 6.42 Å². The van der Waals surface area contributed by atoms with E-state index in [4.69, 9.17) is 9.16 Å². The van der Waals surface area contributed by atoms with Gasteiger partial charge in [0.2, 0.25) is 0 Å². The molecule has 0 aromatic carbocycles. The van der Waals surface area contributed by atoms with Gasteiger partial charge in [0, 0.05) is 18.3 Å². The van der Waals surface area contributed by atoms with Crippen molar-refractivity contribution in [3.05, 3.63) is 0 Å². The molecule has 1 rings (SSSR count). The molecule has 1 unspecified atom stereocenters. The summed E-state index contributed by atoms with van der Waals surface area (Å²) in [5, 5.41) is 10.2. The van der Waals surface area contributed by atoms with Crippen molar-refractivity contribution in [1.29, 1.82) is 0 Å². The Morgan fingerprint density at radius 3 is 2.25 bits per heavy atom. The maximum Gasteiger partial charge on any atom is 0.192 e. The molecule has 1 aliphatic rings. The molecule has 0 aromatic rings. The summed E-state index contributed by atoms with van der Waals surface area (Å²) in [4.78, 5) is 10.8. The van der Waals surface area contributed by atoms with E-state index in [2.05, 4.69) is 33.9 Å². The zero-order valence-corrected chi connectivity index (χ0v) is 14.8. The van der Waals surface area contributed by atoms with Gasteiger partial charge in [-0.25, -0.2) is 0 Å². The summed E-state index contributed by atoms with van der Waals surface area (Å²) in [7, 11) is -1.91. The fourth-order valence-electron chi connectivity index (χ4n) is 2.38. The lowest BCUT2D eigenvalue weighted by molar-refractivity contribution is -0.237. The highest BCUT2D eigenvalue weighted by atomic mass is 28.4. The predicted octanol–water partition coefficient (Wildman–Crippen LogP) is 2.96. The number of carbonyl (C=O) groups excluding carboxylic acids is 1. The van der Waals surface area contributed by atoms with Crippen molar-refractivity contribution in [1.82, 2.24) is 0 Å². The maximum absolute atomic E-state index is 10.8. The Labute approximate surface area is 124 Å². The summed E-state index contributed by atoms with van der Waals surface area (Å²) in [5.74, 6) is 0.0229. The molecule has 1 heterocycles. The first-order valence-electron chi connectivity index (χ1n) is 7.46. The largest absolute Gasteiger partial charge is 0.413 e. The van der Waals surface area contributed by atoms with Gasteiger partial charge in [-0.2, -0.15) is 0 Å². The van der Waals surface area contributed by atoms with Gasteiger partial charge in [0.05, 0.1) is 12.2 Å². The third-order valence-electron chi connectivity index (χ3n) is 4.95. The topological polar surface area (TPSA) is 55.8 Å². The van der Waals surface area contributed by atoms with Crippen LogP contribution < -0.4 is 0 Å². The van der Waals surface area contributed by atoms with Crippen molar-refractivity contribution in [3.63, 3.8) is 0 Å². The molecule has 0 aromatic heterocycles. The quantitative estimate of drug-likeness (QED) is 0.641. The van der Waals surface area contributed by atoms with E-state index in [0.717, 1.165) is 6.29 Å². The summed E-state index contributed by atoms with van der Waals surface area (Å²) >= 11 is 0. The Morgan fingerprint density at radius 1 is 1.25 bits per heavy atom. The summed E-state index contributed by atoms with van der Waals surface area (Å²) in [6.45, 7) is 15.0. The van der Waals surface area contributed by atoms with Crippen LogP contribution in [0.1, 0.15) is 41.0 Å². The number of aliphatic hydroxyl groups excluding tert-OH is 1. The fraction of sp³-hybridized carbons (Fsp3) is 0.933. The van der Waals surface area contributed by atoms with Crippen LogP contribution in [0.5, 0.6) is 0 Å². The minimum absolute atomic E-state index is 0.0652. The van der Waals surface area contributed by atoms with Crippen LogP contribution in [-0.2, 0) is 14.0 Å². The van der Waals surface area contributed by atoms with Gasteiger partial charge in [-0.1, -0.05) is 34.6 Å². The zero-order valence-electron chi connectivity index (χ0n) is 13.8. The average molecular weight is 302 g/mol. The number of aliphatic hydroxyl groups is 1. The van der Waals surface area contributed by atoms with Gasteiger partial charge in [0.25, 0.3) is 0 Å². The lowest BCUT2D eigenvalue weighted by Crippen LogP contribution is -2.55. The summed E-state index contributed by atoms with van der Waals surface area (Å²) in [6.07, 6.45) is -0.0146. The molecule has 1 N–H and O–H groups in total. The third-order valence-corrected chi connectivity index (χ3v) is 9.43. The van der Waals surface area contributed by atoms with Crippen molar-refractivity contribution in [3.8, 4) is 0 Å². The van der Waals surface area contributed by atoms with E-state index in [1.54, 1.807) is 0 Å². The first-order chi connectivity index (χ1) is 9.01. The second-order valence-electron chi connectivity index (χ2n) is 7.53. The van der Waals surface area contributed by atoms with Gasteiger partial charge in [-0.15, -0.1) is 0 Å². The molecule has 0 amide bonds. The average Bonchev–Trinajstić information content (AvgIpc) is 2.30. The number of carbonyl (C=O) groups is 1. The van der Waals surface area contributed by atoms with Crippen LogP contribution in [0.2, 0.25) is 18.1 Å². The molecular formula is C15H30O4Si. The lowest BCUT2D eigenvalue weighted by atomic mass is 9.85. The molecule has 5 heteroatoms. The maximum atomic E-state index is 10.8. The fourth-order valence-corrected chi connectivity index (χ4v) is 3.84. The monoisotopic (exact) mass is 302 g/mol. The predicted molar refractivity (Wildman–Crippen MR) is 82.0 cm³/mol. The van der Waals surface area contributed by atoms with Crippen LogP contribution in [0.4, 0.5) is 0 Å². The van der Waals surface area contributed by atoms with Gasteiger partial charge in [-0.3, -0.25) is 0 Å². The molecule has 5 atom stereocenters. The molecule has 118 valence electrons. The molecule has 1 saturated heterocycles. The van der Waals surface area contributed by atoms with Crippen molar-refractivity contribution < 1.29 is 19.1 Å². The molecule has 20 heavy (non-hydrogen) atoms. The van der Waals surface area contributed by atoms with E-state index < -0.39 is 14.6 Å². The van der Waals surface area contributed by atoms with Gasteiger partial charge in [-0.05, 0) is 18.1 Å². The summed E-state index contributed by atoms with van der Waals surface area (Å²) in [5.41, 5.74) is 0. The van der Waals surface area contributed by atoms with Gasteiger partial charge < -0.3 is 19.1 Å². The van der Waals surface area contributed by atoms with Crippen molar-refractivity contribution in [2.24, 2.45) is 11.8 Å². The number of hydrogen-bond acceptors (Lipinski definition) is 4. The van der Waals surface area contributed by atoms with Crippen molar-refractivity contribution in [2.75, 3.05) is 0 Å². The standard InChI is InChI=1S/C15H30O4Si/c1-10-12(8-9-16)18-14(17)11(2)13(10)19-20(6,7)15(3,4)5/h9-14,17H,8H2,1-7H3/t10-,11+,12-,13-,14?/m0/s1. The second-order valence-corrected chi connectivity index (χ2v) is 12.3. The van der Waals surface area contributed by atoms with Gasteiger partial charge in [0.15, 0.2) is 14.6 Å². The minimum atomic E-state index is -1.91. The SMILES string of the molecule is C[C@@H]1[C@H](O[Si](C)(C)C(C)(C)C)[C@@H](C)C(O)O[C@H]1CC=O. The van der Waals surface area contributed by atoms with E-state index in [1.165, 1.54) is 0 Å². The molecule has 0 spiro atoms. The van der Waals surface area contributed by atoms with Gasteiger partial charge in [0.1, 0.15) is 6.29 Å². The molecule has 1 aliphatic heterocycles. The molecule has 0 aliphatic carbocycles. The van der Waals surface area contributed by atoms with E-state index in [1.807, 2.05) is 13.8 Å². The van der Waals surface area contributed by atoms with Crippen LogP contribution in [0.3, 0.4) is 0 Å². The van der Waals surface area contributed by atoms with E-state index >= 15 is 0 Å². The zero-order chi connectivity index (χ0) is 15.7. The minimum Gasteiger partial charge on any atom is -0.413 e. The third kappa shape index (κ3) is 3.69. The Bertz CT molecular complexity index is 337. The smallest absolute Gasteiger partial charge is 0.192 e. The number of ether oxygens (including phenoxy) is 1. The molecule has 4 nitrogen and oxygen atoms in total. The highest BCUT2D eigenvalue weighted by molar-refractivity contribution is 6.74. The van der Waals surface area contributed by atoms with Crippen LogP contribution >= 0.6 is 0 Å². The van der Waals surface area contributed by atoms with E-state index in [9.17, 15) is 9.90 Å². The number of aldehydes is 1. The molecule has 0 bridgehead atoms. The Morgan fingerprint density at radius 2 is 1.80 bits per heavy atom. The molecule has 0 radical (unpaired) electrons. The molecule has 0 saturated carbocycles. The summed E-state index contributed by atoms with van der Waals surface area (Å²) < 4.78 is 12.0. The first kappa shape index (κ1) is 17.8. The van der Waals surface area contributed by atoms with Crippen LogP contribution in [0, 0.1) is 11.8 Å². The molecular weight excluding hydrogens is 272 g/mol. The lowest BCUT2D eigenvalue weighted by Gasteiger charge is -2.48. The summed E-state index contributed by atoms with van der Waals surface area (Å²) in [6, 6.07) is 0. The van der Waals surface area contributed by atoms with E-state index in [-0.39, 0.29) is 29.1 Å². The van der Waals surface area contributed by atoms with Crippen molar-refractivity contribution >= 4 is 14.6 Å².